The van der Waals surface area contributed by atoms with Gasteiger partial charge in [0, 0.05) is 16.9 Å². The van der Waals surface area contributed by atoms with Crippen LogP contribution in [0.3, 0.4) is 0 Å². The SMILES string of the molecule is Cc1c(NC(=O)COc2ccccc2C(C)(C)C)cccc1NC(=O)c1ccccc1. The molecule has 0 bridgehead atoms. The molecule has 0 radical (unpaired) electrons. The summed E-state index contributed by atoms with van der Waals surface area (Å²) in [6.45, 7) is 8.06. The Bertz CT molecular complexity index is 1070. The van der Waals surface area contributed by atoms with E-state index in [1.807, 2.05) is 55.5 Å². The smallest absolute Gasteiger partial charge is 0.262 e. The van der Waals surface area contributed by atoms with Crippen LogP contribution in [0.25, 0.3) is 0 Å². The molecule has 2 amide bonds. The van der Waals surface area contributed by atoms with Crippen LogP contribution in [0.15, 0.2) is 72.8 Å². The van der Waals surface area contributed by atoms with Crippen LogP contribution < -0.4 is 15.4 Å². The van der Waals surface area contributed by atoms with Gasteiger partial charge in [0.05, 0.1) is 0 Å². The van der Waals surface area contributed by atoms with Gasteiger partial charge in [-0.1, -0.05) is 63.2 Å². The van der Waals surface area contributed by atoms with E-state index in [2.05, 4.69) is 31.4 Å². The van der Waals surface area contributed by atoms with Crippen LogP contribution in [-0.2, 0) is 10.2 Å². The van der Waals surface area contributed by atoms with E-state index in [0.29, 0.717) is 22.7 Å². The zero-order chi connectivity index (χ0) is 22.4. The summed E-state index contributed by atoms with van der Waals surface area (Å²) < 4.78 is 5.81. The van der Waals surface area contributed by atoms with Crippen LogP contribution in [0.1, 0.15) is 42.3 Å². The number of hydrogen-bond donors (Lipinski definition) is 2. The molecule has 0 saturated carbocycles. The highest BCUT2D eigenvalue weighted by Crippen LogP contribution is 2.31. The summed E-state index contributed by atoms with van der Waals surface area (Å²) in [4.78, 5) is 25.0. The van der Waals surface area contributed by atoms with Crippen molar-refractivity contribution in [2.45, 2.75) is 33.1 Å². The Morgan fingerprint density at radius 1 is 0.806 bits per heavy atom. The maximum absolute atomic E-state index is 12.5. The Morgan fingerprint density at radius 3 is 2.10 bits per heavy atom. The lowest BCUT2D eigenvalue weighted by molar-refractivity contribution is -0.118. The van der Waals surface area contributed by atoms with Crippen molar-refractivity contribution in [2.75, 3.05) is 17.2 Å². The first kappa shape index (κ1) is 22.1. The lowest BCUT2D eigenvalue weighted by Gasteiger charge is -2.22. The van der Waals surface area contributed by atoms with Crippen molar-refractivity contribution >= 4 is 23.2 Å². The van der Waals surface area contributed by atoms with E-state index >= 15 is 0 Å². The van der Waals surface area contributed by atoms with Crippen LogP contribution in [0, 0.1) is 6.92 Å². The molecular formula is C26H28N2O3. The van der Waals surface area contributed by atoms with Gasteiger partial charge in [0.25, 0.3) is 11.8 Å². The van der Waals surface area contributed by atoms with Crippen molar-refractivity contribution in [1.29, 1.82) is 0 Å². The van der Waals surface area contributed by atoms with Crippen molar-refractivity contribution in [3.63, 3.8) is 0 Å². The lowest BCUT2D eigenvalue weighted by atomic mass is 9.86. The Morgan fingerprint density at radius 2 is 1.42 bits per heavy atom. The van der Waals surface area contributed by atoms with E-state index < -0.39 is 0 Å². The molecule has 0 atom stereocenters. The van der Waals surface area contributed by atoms with Gasteiger partial charge in [0.2, 0.25) is 0 Å². The van der Waals surface area contributed by atoms with Crippen molar-refractivity contribution in [1.82, 2.24) is 0 Å². The van der Waals surface area contributed by atoms with Crippen molar-refractivity contribution in [3.8, 4) is 5.75 Å². The van der Waals surface area contributed by atoms with E-state index in [-0.39, 0.29) is 23.8 Å². The third-order valence-corrected chi connectivity index (χ3v) is 4.95. The van der Waals surface area contributed by atoms with E-state index in [4.69, 9.17) is 4.74 Å². The fraction of sp³-hybridized carbons (Fsp3) is 0.231. The fourth-order valence-electron chi connectivity index (χ4n) is 3.23. The zero-order valence-electron chi connectivity index (χ0n) is 18.4. The standard InChI is InChI=1S/C26H28N2O3/c1-18-21(14-10-15-22(18)28-25(30)19-11-6-5-7-12-19)27-24(29)17-31-23-16-9-8-13-20(23)26(2,3)4/h5-16H,17H2,1-4H3,(H,27,29)(H,28,30). The first-order valence-electron chi connectivity index (χ1n) is 10.2. The second-order valence-electron chi connectivity index (χ2n) is 8.38. The summed E-state index contributed by atoms with van der Waals surface area (Å²) in [5.74, 6) is 0.235. The molecule has 0 aliphatic rings. The number of carbonyl (C=O) groups excluding carboxylic acids is 2. The molecule has 0 saturated heterocycles. The van der Waals surface area contributed by atoms with Gasteiger partial charge in [-0.15, -0.1) is 0 Å². The minimum absolute atomic E-state index is 0.0883. The van der Waals surface area contributed by atoms with E-state index in [9.17, 15) is 9.59 Å². The van der Waals surface area contributed by atoms with Gasteiger partial charge in [-0.25, -0.2) is 0 Å². The summed E-state index contributed by atoms with van der Waals surface area (Å²) in [5, 5.41) is 5.78. The molecule has 0 aliphatic carbocycles. The molecule has 0 heterocycles. The predicted molar refractivity (Wildman–Crippen MR) is 125 cm³/mol. The molecule has 0 fully saturated rings. The molecule has 5 heteroatoms. The Kier molecular flexibility index (Phi) is 6.75. The average Bonchev–Trinajstić information content (AvgIpc) is 2.75. The fourth-order valence-corrected chi connectivity index (χ4v) is 3.23. The van der Waals surface area contributed by atoms with Crippen molar-refractivity contribution in [3.05, 3.63) is 89.5 Å². The van der Waals surface area contributed by atoms with Gasteiger partial charge in [-0.3, -0.25) is 9.59 Å². The van der Waals surface area contributed by atoms with Crippen LogP contribution >= 0.6 is 0 Å². The van der Waals surface area contributed by atoms with Crippen molar-refractivity contribution < 1.29 is 14.3 Å². The number of amides is 2. The highest BCUT2D eigenvalue weighted by Gasteiger charge is 2.19. The number of rotatable bonds is 6. The van der Waals surface area contributed by atoms with Gasteiger partial charge in [-0.05, 0) is 53.8 Å². The Labute approximate surface area is 183 Å². The summed E-state index contributed by atoms with van der Waals surface area (Å²) in [6.07, 6.45) is 0. The summed E-state index contributed by atoms with van der Waals surface area (Å²) >= 11 is 0. The highest BCUT2D eigenvalue weighted by molar-refractivity contribution is 6.05. The minimum atomic E-state index is -0.265. The Hall–Kier alpha value is -3.60. The number of hydrogen-bond acceptors (Lipinski definition) is 3. The number of ether oxygens (including phenoxy) is 1. The van der Waals surface area contributed by atoms with E-state index in [1.54, 1.807) is 24.3 Å². The first-order valence-corrected chi connectivity index (χ1v) is 10.2. The molecule has 0 aliphatic heterocycles. The molecular weight excluding hydrogens is 388 g/mol. The summed E-state index contributed by atoms with van der Waals surface area (Å²) in [7, 11) is 0. The van der Waals surface area contributed by atoms with Gasteiger partial charge in [0.15, 0.2) is 6.61 Å². The molecule has 31 heavy (non-hydrogen) atoms. The summed E-state index contributed by atoms with van der Waals surface area (Å²) in [5.41, 5.74) is 3.57. The number of benzene rings is 3. The lowest BCUT2D eigenvalue weighted by Crippen LogP contribution is -2.22. The number of nitrogens with one attached hydrogen (secondary N) is 2. The number of para-hydroxylation sites is 1. The largest absolute Gasteiger partial charge is 0.483 e. The number of anilines is 2. The van der Waals surface area contributed by atoms with Crippen molar-refractivity contribution in [2.24, 2.45) is 0 Å². The molecule has 3 aromatic carbocycles. The molecule has 0 unspecified atom stereocenters. The van der Waals surface area contributed by atoms with Crippen LogP contribution in [-0.4, -0.2) is 18.4 Å². The second-order valence-corrected chi connectivity index (χ2v) is 8.38. The molecule has 2 N–H and O–H groups in total. The van der Waals surface area contributed by atoms with Gasteiger partial charge in [-0.2, -0.15) is 0 Å². The van der Waals surface area contributed by atoms with Crippen LogP contribution in [0.2, 0.25) is 0 Å². The molecule has 5 nitrogen and oxygen atoms in total. The van der Waals surface area contributed by atoms with Crippen LogP contribution in [0.4, 0.5) is 11.4 Å². The maximum atomic E-state index is 12.5. The van der Waals surface area contributed by atoms with Gasteiger partial charge in [0.1, 0.15) is 5.75 Å². The zero-order valence-corrected chi connectivity index (χ0v) is 18.4. The second kappa shape index (κ2) is 9.47. The van der Waals surface area contributed by atoms with E-state index in [0.717, 1.165) is 11.1 Å². The third kappa shape index (κ3) is 5.72. The minimum Gasteiger partial charge on any atom is -0.483 e. The quantitative estimate of drug-likeness (QED) is 0.553. The molecule has 3 rings (SSSR count). The topological polar surface area (TPSA) is 67.4 Å². The third-order valence-electron chi connectivity index (χ3n) is 4.95. The maximum Gasteiger partial charge on any atom is 0.262 e. The van der Waals surface area contributed by atoms with Gasteiger partial charge >= 0.3 is 0 Å². The highest BCUT2D eigenvalue weighted by atomic mass is 16.5. The Balaban J connectivity index is 1.66. The monoisotopic (exact) mass is 416 g/mol. The predicted octanol–water partition coefficient (Wildman–Crippen LogP) is 5.56. The summed E-state index contributed by atoms with van der Waals surface area (Å²) in [6, 6.07) is 22.1. The molecule has 160 valence electrons. The first-order chi connectivity index (χ1) is 14.8. The normalized spacial score (nSPS) is 11.0. The van der Waals surface area contributed by atoms with Gasteiger partial charge < -0.3 is 15.4 Å². The molecule has 0 spiro atoms. The average molecular weight is 417 g/mol. The number of carbonyl (C=O) groups is 2. The molecule has 0 aromatic heterocycles. The van der Waals surface area contributed by atoms with Crippen LogP contribution in [0.5, 0.6) is 5.75 Å². The molecule has 3 aromatic rings. The van der Waals surface area contributed by atoms with E-state index in [1.165, 1.54) is 0 Å².